The van der Waals surface area contributed by atoms with Crippen LogP contribution in [0.25, 0.3) is 0 Å². The van der Waals surface area contributed by atoms with E-state index in [4.69, 9.17) is 15.3 Å². The van der Waals surface area contributed by atoms with Crippen LogP contribution in [0.3, 0.4) is 0 Å². The monoisotopic (exact) mass is 281 g/mol. The molecule has 0 bridgehead atoms. The summed E-state index contributed by atoms with van der Waals surface area (Å²) in [6, 6.07) is 6.60. The Bertz CT molecular complexity index is 678. The highest BCUT2D eigenvalue weighted by Crippen LogP contribution is 2.26. The molecule has 0 radical (unpaired) electrons. The van der Waals surface area contributed by atoms with Crippen LogP contribution >= 0.6 is 0 Å². The molecular weight excluding hydrogens is 266 g/mol. The van der Waals surface area contributed by atoms with E-state index in [0.717, 1.165) is 5.76 Å². The Balaban J connectivity index is 2.33. The molecule has 0 atom stereocenters. The number of furan rings is 1. The zero-order valence-corrected chi connectivity index (χ0v) is 11.2. The Hall–Kier alpha value is -1.99. The fourth-order valence-corrected chi connectivity index (χ4v) is 2.62. The van der Waals surface area contributed by atoms with Crippen LogP contribution in [-0.2, 0) is 16.6 Å². The highest BCUT2D eigenvalue weighted by molar-refractivity contribution is 7.89. The molecule has 0 saturated heterocycles. The lowest BCUT2D eigenvalue weighted by Crippen LogP contribution is -2.15. The molecule has 0 unspecified atom stereocenters. The summed E-state index contributed by atoms with van der Waals surface area (Å²) in [4.78, 5) is 0.0226. The number of nitrogens with one attached hydrogen (secondary N) is 1. The summed E-state index contributed by atoms with van der Waals surface area (Å²) in [5.41, 5.74) is 7.16. The molecule has 7 heteroatoms. The van der Waals surface area contributed by atoms with Gasteiger partial charge in [-0.15, -0.1) is 0 Å². The lowest BCUT2D eigenvalue weighted by atomic mass is 10.1. The van der Waals surface area contributed by atoms with Crippen molar-refractivity contribution in [2.75, 3.05) is 11.1 Å². The van der Waals surface area contributed by atoms with Gasteiger partial charge in [-0.05, 0) is 36.8 Å². The third kappa shape index (κ3) is 3.07. The number of hydrogen-bond donors (Lipinski definition) is 3. The Morgan fingerprint density at radius 3 is 2.68 bits per heavy atom. The van der Waals surface area contributed by atoms with Crippen LogP contribution in [0.2, 0.25) is 0 Å². The van der Waals surface area contributed by atoms with Gasteiger partial charge < -0.3 is 15.5 Å². The Morgan fingerprint density at radius 2 is 2.11 bits per heavy atom. The first-order valence-corrected chi connectivity index (χ1v) is 7.12. The predicted molar refractivity (Wildman–Crippen MR) is 73.0 cm³/mol. The Kier molecular flexibility index (Phi) is 3.50. The summed E-state index contributed by atoms with van der Waals surface area (Å²) in [6.45, 7) is 2.10. The van der Waals surface area contributed by atoms with Gasteiger partial charge >= 0.3 is 0 Å². The average Bonchev–Trinajstić information content (AvgIpc) is 2.81. The highest BCUT2D eigenvalue weighted by atomic mass is 32.2. The van der Waals surface area contributed by atoms with E-state index < -0.39 is 10.0 Å². The lowest BCUT2D eigenvalue weighted by Gasteiger charge is -2.13. The third-order valence-electron chi connectivity index (χ3n) is 2.72. The number of anilines is 2. The second kappa shape index (κ2) is 4.94. The standard InChI is InChI=1S/C12H15N3O3S/c1-8-11(15-7-10-3-2-4-18-10)5-9(13)6-12(8)19(14,16)17/h2-6,15H,7,13H2,1H3,(H2,14,16,17). The molecule has 0 fully saturated rings. The number of hydrogen-bond acceptors (Lipinski definition) is 5. The van der Waals surface area contributed by atoms with Gasteiger partial charge in [-0.3, -0.25) is 0 Å². The lowest BCUT2D eigenvalue weighted by molar-refractivity contribution is 0.518. The number of nitrogen functional groups attached to an aromatic ring is 1. The molecule has 2 aromatic rings. The first-order valence-electron chi connectivity index (χ1n) is 5.57. The van der Waals surface area contributed by atoms with Crippen LogP contribution in [0.1, 0.15) is 11.3 Å². The summed E-state index contributed by atoms with van der Waals surface area (Å²) in [5, 5.41) is 8.23. The zero-order valence-electron chi connectivity index (χ0n) is 10.4. The van der Waals surface area contributed by atoms with Crippen molar-refractivity contribution in [3.63, 3.8) is 0 Å². The summed E-state index contributed by atoms with van der Waals surface area (Å²) < 4.78 is 28.1. The molecule has 0 aliphatic rings. The van der Waals surface area contributed by atoms with Crippen molar-refractivity contribution in [3.8, 4) is 0 Å². The molecule has 1 heterocycles. The van der Waals surface area contributed by atoms with Gasteiger partial charge in [-0.1, -0.05) is 0 Å². The van der Waals surface area contributed by atoms with Gasteiger partial charge in [-0.25, -0.2) is 13.6 Å². The maximum absolute atomic E-state index is 11.5. The van der Waals surface area contributed by atoms with Crippen molar-refractivity contribution >= 4 is 21.4 Å². The van der Waals surface area contributed by atoms with E-state index in [9.17, 15) is 8.42 Å². The van der Waals surface area contributed by atoms with Gasteiger partial charge in [0.15, 0.2) is 0 Å². The second-order valence-corrected chi connectivity index (χ2v) is 5.70. The fraction of sp³-hybridized carbons (Fsp3) is 0.167. The van der Waals surface area contributed by atoms with E-state index >= 15 is 0 Å². The average molecular weight is 281 g/mol. The van der Waals surface area contributed by atoms with E-state index in [1.807, 2.05) is 6.07 Å². The minimum atomic E-state index is -3.79. The second-order valence-electron chi connectivity index (χ2n) is 4.17. The van der Waals surface area contributed by atoms with Crippen molar-refractivity contribution in [3.05, 3.63) is 41.9 Å². The summed E-state index contributed by atoms with van der Waals surface area (Å²) >= 11 is 0. The first-order chi connectivity index (χ1) is 8.88. The number of benzene rings is 1. The van der Waals surface area contributed by atoms with Gasteiger partial charge in [-0.2, -0.15) is 0 Å². The first kappa shape index (κ1) is 13.4. The molecular formula is C12H15N3O3S. The van der Waals surface area contributed by atoms with E-state index in [-0.39, 0.29) is 4.90 Å². The van der Waals surface area contributed by atoms with Crippen LogP contribution in [0.5, 0.6) is 0 Å². The fourth-order valence-electron chi connectivity index (χ4n) is 1.78. The van der Waals surface area contributed by atoms with Crippen LogP contribution in [0, 0.1) is 6.92 Å². The van der Waals surface area contributed by atoms with Gasteiger partial charge in [0, 0.05) is 11.4 Å². The van der Waals surface area contributed by atoms with Gasteiger partial charge in [0.25, 0.3) is 0 Å². The maximum Gasteiger partial charge on any atom is 0.238 e. The molecule has 19 heavy (non-hydrogen) atoms. The number of primary sulfonamides is 1. The van der Waals surface area contributed by atoms with Gasteiger partial charge in [0.2, 0.25) is 10.0 Å². The molecule has 6 nitrogen and oxygen atoms in total. The van der Waals surface area contributed by atoms with E-state index in [1.165, 1.54) is 6.07 Å². The molecule has 0 aliphatic heterocycles. The van der Waals surface area contributed by atoms with Crippen molar-refractivity contribution < 1.29 is 12.8 Å². The third-order valence-corrected chi connectivity index (χ3v) is 3.76. The largest absolute Gasteiger partial charge is 0.467 e. The SMILES string of the molecule is Cc1c(NCc2ccco2)cc(N)cc1S(N)(=O)=O. The predicted octanol–water partition coefficient (Wildman–Crippen LogP) is 1.43. The molecule has 0 saturated carbocycles. The molecule has 2 rings (SSSR count). The van der Waals surface area contributed by atoms with Crippen LogP contribution in [-0.4, -0.2) is 8.42 Å². The quantitative estimate of drug-likeness (QED) is 0.734. The minimum absolute atomic E-state index is 0.0226. The maximum atomic E-state index is 11.5. The van der Waals surface area contributed by atoms with Crippen molar-refractivity contribution in [2.24, 2.45) is 5.14 Å². The molecule has 1 aromatic carbocycles. The Morgan fingerprint density at radius 1 is 1.37 bits per heavy atom. The van der Waals surface area contributed by atoms with E-state index in [1.54, 1.807) is 25.3 Å². The van der Waals surface area contributed by atoms with Crippen molar-refractivity contribution in [1.82, 2.24) is 0 Å². The molecule has 102 valence electrons. The number of sulfonamides is 1. The molecule has 1 aromatic heterocycles. The normalized spacial score (nSPS) is 11.5. The van der Waals surface area contributed by atoms with E-state index in [2.05, 4.69) is 5.32 Å². The molecule has 0 aliphatic carbocycles. The highest BCUT2D eigenvalue weighted by Gasteiger charge is 2.15. The molecule has 0 spiro atoms. The van der Waals surface area contributed by atoms with Crippen LogP contribution in [0.4, 0.5) is 11.4 Å². The summed E-state index contributed by atoms with van der Waals surface area (Å²) in [6.07, 6.45) is 1.57. The minimum Gasteiger partial charge on any atom is -0.467 e. The van der Waals surface area contributed by atoms with Crippen LogP contribution in [0.15, 0.2) is 39.8 Å². The smallest absolute Gasteiger partial charge is 0.238 e. The Labute approximate surface area is 111 Å². The van der Waals surface area contributed by atoms with E-state index in [0.29, 0.717) is 23.5 Å². The summed E-state index contributed by atoms with van der Waals surface area (Å²) in [5.74, 6) is 0.735. The van der Waals surface area contributed by atoms with Gasteiger partial charge in [0.05, 0.1) is 17.7 Å². The zero-order chi connectivity index (χ0) is 14.0. The van der Waals surface area contributed by atoms with Crippen LogP contribution < -0.4 is 16.2 Å². The van der Waals surface area contributed by atoms with Crippen molar-refractivity contribution in [2.45, 2.75) is 18.4 Å². The topological polar surface area (TPSA) is 111 Å². The molecule has 5 N–H and O–H groups in total. The van der Waals surface area contributed by atoms with Crippen molar-refractivity contribution in [1.29, 1.82) is 0 Å². The number of nitrogens with two attached hydrogens (primary N) is 2. The summed E-state index contributed by atoms with van der Waals surface area (Å²) in [7, 11) is -3.79. The molecule has 0 amide bonds. The number of rotatable bonds is 4. The van der Waals surface area contributed by atoms with Gasteiger partial charge in [0.1, 0.15) is 5.76 Å².